The van der Waals surface area contributed by atoms with E-state index in [1.807, 2.05) is 41.5 Å². The van der Waals surface area contributed by atoms with Gasteiger partial charge in [-0.05, 0) is 55.8 Å². The average Bonchev–Trinajstić information content (AvgIpc) is 3.51. The molecule has 5 atom stereocenters. The van der Waals surface area contributed by atoms with Gasteiger partial charge < -0.3 is 36.2 Å². The summed E-state index contributed by atoms with van der Waals surface area (Å²) in [5, 5.41) is 13.8. The maximum atomic E-state index is 14.5. The van der Waals surface area contributed by atoms with E-state index < -0.39 is 59.3 Å². The van der Waals surface area contributed by atoms with Gasteiger partial charge in [-0.1, -0.05) is 79.7 Å². The zero-order chi connectivity index (χ0) is 36.7. The van der Waals surface area contributed by atoms with E-state index in [-0.39, 0.29) is 36.8 Å². The van der Waals surface area contributed by atoms with Crippen LogP contribution in [0.25, 0.3) is 0 Å². The number of carbonyl (C=O) groups is 6. The van der Waals surface area contributed by atoms with Crippen molar-refractivity contribution >= 4 is 35.6 Å². The van der Waals surface area contributed by atoms with Crippen LogP contribution >= 0.6 is 0 Å². The van der Waals surface area contributed by atoms with Crippen molar-refractivity contribution < 1.29 is 33.5 Å². The Bertz CT molecular complexity index is 1150. The molecule has 0 aromatic heterocycles. The molecule has 13 heteroatoms. The van der Waals surface area contributed by atoms with Crippen LogP contribution in [0.5, 0.6) is 0 Å². The molecule has 6 amide bonds. The van der Waals surface area contributed by atoms with Crippen LogP contribution in [-0.2, 0) is 23.9 Å². The molecule has 4 unspecified atom stereocenters. The largest absolute Gasteiger partial charge is 0.447 e. The summed E-state index contributed by atoms with van der Waals surface area (Å²) in [6.45, 7) is 17.9. The molecule has 0 aromatic carbocycles. The SMILES string of the molecule is C=CCNC(=O)C(=O)C(CCCC)NC(=O)C1C(C(C)C)CCN1C(=O)[C@@H](NC(=O)NC(COC(=O)NCC)C(C)(C)C)C1CCCCC1. The van der Waals surface area contributed by atoms with Gasteiger partial charge >= 0.3 is 12.1 Å². The van der Waals surface area contributed by atoms with Gasteiger partial charge in [-0.15, -0.1) is 6.58 Å². The number of unbranched alkanes of at least 4 members (excludes halogenated alkanes) is 1. The minimum atomic E-state index is -1.03. The number of likely N-dealkylation sites (tertiary alicyclic amines) is 1. The topological polar surface area (TPSA) is 175 Å². The highest BCUT2D eigenvalue weighted by atomic mass is 16.5. The Hall–Kier alpha value is -3.64. The number of ketones is 1. The summed E-state index contributed by atoms with van der Waals surface area (Å²) in [6, 6.07) is -3.89. The predicted octanol–water partition coefficient (Wildman–Crippen LogP) is 3.81. The van der Waals surface area contributed by atoms with Crippen LogP contribution in [0.3, 0.4) is 0 Å². The fourth-order valence-electron chi connectivity index (χ4n) is 6.67. The van der Waals surface area contributed by atoms with Crippen molar-refractivity contribution in [3.63, 3.8) is 0 Å². The van der Waals surface area contributed by atoms with Crippen molar-refractivity contribution in [1.29, 1.82) is 0 Å². The van der Waals surface area contributed by atoms with E-state index in [2.05, 4.69) is 33.2 Å². The molecule has 1 aliphatic carbocycles. The molecule has 1 saturated carbocycles. The number of rotatable bonds is 17. The monoisotopic (exact) mass is 690 g/mol. The third kappa shape index (κ3) is 12.6. The fraction of sp³-hybridized carbons (Fsp3) is 0.778. The number of hydrogen-bond acceptors (Lipinski definition) is 7. The third-order valence-electron chi connectivity index (χ3n) is 9.69. The smallest absolute Gasteiger partial charge is 0.407 e. The van der Waals surface area contributed by atoms with Crippen LogP contribution in [0.1, 0.15) is 106 Å². The van der Waals surface area contributed by atoms with Crippen molar-refractivity contribution in [1.82, 2.24) is 31.5 Å². The molecule has 2 fully saturated rings. The van der Waals surface area contributed by atoms with Crippen LogP contribution in [0.15, 0.2) is 12.7 Å². The maximum absolute atomic E-state index is 14.5. The second kappa shape index (κ2) is 20.1. The molecule has 5 N–H and O–H groups in total. The standard InChI is InChI=1S/C36H62N6O7/c1-9-12-18-26(30(43)32(45)38-20-10-2)39-31(44)29-25(23(4)5)19-21-42(29)33(46)28(24-16-14-13-15-17-24)41-34(47)40-27(36(6,7)8)22-49-35(48)37-11-3/h10,23-29H,2,9,11-22H2,1,3-8H3,(H,37,48)(H,38,45)(H,39,44)(H2,40,41,47)/t25?,26?,27?,28-,29?/m0/s1. The first-order chi connectivity index (χ1) is 23.2. The Morgan fingerprint density at radius 2 is 1.61 bits per heavy atom. The van der Waals surface area contributed by atoms with Crippen LogP contribution in [0.2, 0.25) is 0 Å². The first-order valence-electron chi connectivity index (χ1n) is 18.2. The lowest BCUT2D eigenvalue weighted by atomic mass is 9.82. The normalized spacial score (nSPS) is 20.0. The Morgan fingerprint density at radius 1 is 0.939 bits per heavy atom. The second-order valence-electron chi connectivity index (χ2n) is 14.8. The van der Waals surface area contributed by atoms with Gasteiger partial charge in [-0.3, -0.25) is 19.2 Å². The summed E-state index contributed by atoms with van der Waals surface area (Å²) in [7, 11) is 0. The predicted molar refractivity (Wildman–Crippen MR) is 188 cm³/mol. The van der Waals surface area contributed by atoms with Crippen molar-refractivity contribution in [2.24, 2.45) is 23.2 Å². The molecular weight excluding hydrogens is 628 g/mol. The highest BCUT2D eigenvalue weighted by molar-refractivity contribution is 6.38. The number of nitrogens with zero attached hydrogens (tertiary/aromatic N) is 1. The minimum absolute atomic E-state index is 0.0519. The third-order valence-corrected chi connectivity index (χ3v) is 9.69. The fourth-order valence-corrected chi connectivity index (χ4v) is 6.67. The Morgan fingerprint density at radius 3 is 2.18 bits per heavy atom. The van der Waals surface area contributed by atoms with Crippen LogP contribution in [0.4, 0.5) is 9.59 Å². The Balaban J connectivity index is 2.35. The van der Waals surface area contributed by atoms with E-state index in [9.17, 15) is 28.8 Å². The van der Waals surface area contributed by atoms with Crippen molar-refractivity contribution in [3.8, 4) is 0 Å². The lowest BCUT2D eigenvalue weighted by Crippen LogP contribution is -2.61. The summed E-state index contributed by atoms with van der Waals surface area (Å²) < 4.78 is 5.34. The number of carbonyl (C=O) groups excluding carboxylic acids is 6. The van der Waals surface area contributed by atoms with Crippen molar-refractivity contribution in [2.45, 2.75) is 130 Å². The number of nitrogens with one attached hydrogen (secondary N) is 5. The lowest BCUT2D eigenvalue weighted by Gasteiger charge is -2.37. The minimum Gasteiger partial charge on any atom is -0.447 e. The molecule has 1 aliphatic heterocycles. The molecule has 278 valence electrons. The maximum Gasteiger partial charge on any atom is 0.407 e. The summed E-state index contributed by atoms with van der Waals surface area (Å²) >= 11 is 0. The first kappa shape index (κ1) is 41.5. The molecule has 2 aliphatic rings. The van der Waals surface area contributed by atoms with E-state index in [0.717, 1.165) is 38.5 Å². The summed E-state index contributed by atoms with van der Waals surface area (Å²) in [5.74, 6) is -2.59. The van der Waals surface area contributed by atoms with Gasteiger partial charge in [0.05, 0.1) is 12.1 Å². The van der Waals surface area contributed by atoms with Crippen molar-refractivity contribution in [3.05, 3.63) is 12.7 Å². The van der Waals surface area contributed by atoms with E-state index >= 15 is 0 Å². The summed E-state index contributed by atoms with van der Waals surface area (Å²) in [4.78, 5) is 81.4. The van der Waals surface area contributed by atoms with Gasteiger partial charge in [0.2, 0.25) is 17.6 Å². The summed E-state index contributed by atoms with van der Waals surface area (Å²) in [5.41, 5.74) is -0.467. The van der Waals surface area contributed by atoms with Gasteiger partial charge in [0.15, 0.2) is 0 Å². The molecular formula is C36H62N6O7. The Labute approximate surface area is 292 Å². The number of urea groups is 1. The number of hydrogen-bond donors (Lipinski definition) is 5. The lowest BCUT2D eigenvalue weighted by molar-refractivity contribution is -0.144. The van der Waals surface area contributed by atoms with E-state index in [1.165, 1.54) is 6.08 Å². The molecule has 0 radical (unpaired) electrons. The molecule has 1 saturated heterocycles. The summed E-state index contributed by atoms with van der Waals surface area (Å²) in [6.07, 6.45) is 7.57. The zero-order valence-electron chi connectivity index (χ0n) is 30.8. The highest BCUT2D eigenvalue weighted by Gasteiger charge is 2.47. The highest BCUT2D eigenvalue weighted by Crippen LogP contribution is 2.34. The van der Waals surface area contributed by atoms with Gasteiger partial charge in [0.25, 0.3) is 5.91 Å². The van der Waals surface area contributed by atoms with Gasteiger partial charge in [-0.2, -0.15) is 0 Å². The number of amides is 6. The Kier molecular flexibility index (Phi) is 17.1. The first-order valence-corrected chi connectivity index (χ1v) is 18.2. The van der Waals surface area contributed by atoms with Gasteiger partial charge in [-0.25, -0.2) is 9.59 Å². The van der Waals surface area contributed by atoms with Crippen molar-refractivity contribution in [2.75, 3.05) is 26.2 Å². The van der Waals surface area contributed by atoms with E-state index in [1.54, 1.807) is 11.8 Å². The van der Waals surface area contributed by atoms with Crippen LogP contribution in [0, 0.1) is 23.2 Å². The number of alkyl carbamates (subject to hydrolysis) is 1. The molecule has 0 bridgehead atoms. The molecule has 49 heavy (non-hydrogen) atoms. The second-order valence-corrected chi connectivity index (χ2v) is 14.8. The van der Waals surface area contributed by atoms with Crippen LogP contribution < -0.4 is 26.6 Å². The number of ether oxygens (including phenoxy) is 1. The quantitative estimate of drug-likeness (QED) is 0.114. The number of Topliss-reactive ketones (excluding diaryl/α,β-unsaturated/α-hetero) is 1. The molecule has 1 heterocycles. The van der Waals surface area contributed by atoms with Crippen LogP contribution in [-0.4, -0.2) is 90.9 Å². The average molecular weight is 691 g/mol. The van der Waals surface area contributed by atoms with E-state index in [4.69, 9.17) is 4.74 Å². The van der Waals surface area contributed by atoms with Gasteiger partial charge in [0, 0.05) is 19.6 Å². The molecule has 13 nitrogen and oxygen atoms in total. The van der Waals surface area contributed by atoms with Gasteiger partial charge in [0.1, 0.15) is 18.7 Å². The molecule has 0 aromatic rings. The van der Waals surface area contributed by atoms with E-state index in [0.29, 0.717) is 32.4 Å². The molecule has 0 spiro atoms. The molecule has 2 rings (SSSR count). The zero-order valence-corrected chi connectivity index (χ0v) is 30.8.